The number of rotatable bonds is 5. The molecule has 2 heterocycles. The van der Waals surface area contributed by atoms with Gasteiger partial charge >= 0.3 is 0 Å². The van der Waals surface area contributed by atoms with Crippen molar-refractivity contribution in [2.45, 2.75) is 25.5 Å². The lowest BCUT2D eigenvalue weighted by molar-refractivity contribution is -0.137. The van der Waals surface area contributed by atoms with Crippen molar-refractivity contribution >= 4 is 5.91 Å². The van der Waals surface area contributed by atoms with Gasteiger partial charge in [0, 0.05) is 6.42 Å². The third kappa shape index (κ3) is 3.05. The van der Waals surface area contributed by atoms with Crippen molar-refractivity contribution in [1.29, 1.82) is 0 Å². The lowest BCUT2D eigenvalue weighted by atomic mass is 9.98. The Morgan fingerprint density at radius 3 is 2.75 bits per heavy atom. The Kier molecular flexibility index (Phi) is 4.66. The van der Waals surface area contributed by atoms with Gasteiger partial charge in [0.25, 0.3) is 0 Å². The highest BCUT2D eigenvalue weighted by atomic mass is 16.5. The van der Waals surface area contributed by atoms with E-state index in [1.165, 1.54) is 0 Å². The molecule has 0 radical (unpaired) electrons. The number of methoxy groups -OCH3 is 2. The van der Waals surface area contributed by atoms with Crippen molar-refractivity contribution in [3.05, 3.63) is 35.4 Å². The highest BCUT2D eigenvalue weighted by Gasteiger charge is 2.35. The van der Waals surface area contributed by atoms with Crippen LogP contribution in [0.5, 0.6) is 11.5 Å². The number of aryl methyl sites for hydroxylation is 1. The molecule has 0 aliphatic carbocycles. The van der Waals surface area contributed by atoms with Crippen LogP contribution in [0.15, 0.2) is 18.2 Å². The van der Waals surface area contributed by atoms with E-state index in [1.54, 1.807) is 20.3 Å². The third-order valence-electron chi connectivity index (χ3n) is 3.92. The molecule has 0 unspecified atom stereocenters. The van der Waals surface area contributed by atoms with Gasteiger partial charge in [-0.2, -0.15) is 5.10 Å². The van der Waals surface area contributed by atoms with E-state index in [-0.39, 0.29) is 12.5 Å². The van der Waals surface area contributed by atoms with E-state index in [0.717, 1.165) is 17.8 Å². The predicted molar refractivity (Wildman–Crippen MR) is 84.9 cm³/mol. The van der Waals surface area contributed by atoms with Crippen molar-refractivity contribution in [2.24, 2.45) is 0 Å². The number of H-pyrrole nitrogens is 1. The van der Waals surface area contributed by atoms with E-state index in [2.05, 4.69) is 20.5 Å². The van der Waals surface area contributed by atoms with E-state index in [4.69, 9.17) is 14.2 Å². The summed E-state index contributed by atoms with van der Waals surface area (Å²) in [5.74, 6) is 2.31. The number of aromatic nitrogens is 3. The third-order valence-corrected chi connectivity index (χ3v) is 3.92. The first-order chi connectivity index (χ1) is 11.7. The summed E-state index contributed by atoms with van der Waals surface area (Å²) >= 11 is 0. The summed E-state index contributed by atoms with van der Waals surface area (Å²) in [6.45, 7) is 1.96. The van der Waals surface area contributed by atoms with Crippen LogP contribution in [0.4, 0.5) is 0 Å². The maximum Gasteiger partial charge on any atom is 0.246 e. The second-order valence-electron chi connectivity index (χ2n) is 5.39. The van der Waals surface area contributed by atoms with Crippen molar-refractivity contribution < 1.29 is 19.0 Å². The molecule has 128 valence electrons. The van der Waals surface area contributed by atoms with Gasteiger partial charge in [-0.1, -0.05) is 13.0 Å². The zero-order valence-electron chi connectivity index (χ0n) is 13.8. The number of carbonyl (C=O) groups excluding carboxylic acids is 1. The molecule has 1 amide bonds. The zero-order chi connectivity index (χ0) is 17.1. The van der Waals surface area contributed by atoms with Crippen LogP contribution in [-0.2, 0) is 16.0 Å². The molecular weight excluding hydrogens is 312 g/mol. The van der Waals surface area contributed by atoms with Gasteiger partial charge in [-0.05, 0) is 17.7 Å². The molecule has 1 aliphatic heterocycles. The van der Waals surface area contributed by atoms with Gasteiger partial charge in [0.2, 0.25) is 5.91 Å². The first-order valence-electron chi connectivity index (χ1n) is 7.70. The van der Waals surface area contributed by atoms with Gasteiger partial charge in [-0.25, -0.2) is 4.98 Å². The molecule has 0 bridgehead atoms. The Hall–Kier alpha value is -2.61. The molecule has 2 N–H and O–H groups in total. The van der Waals surface area contributed by atoms with Gasteiger partial charge in [-0.3, -0.25) is 9.89 Å². The summed E-state index contributed by atoms with van der Waals surface area (Å²) in [7, 11) is 3.14. The van der Waals surface area contributed by atoms with Crippen LogP contribution in [0, 0.1) is 0 Å². The maximum absolute atomic E-state index is 11.8. The van der Waals surface area contributed by atoms with Crippen LogP contribution in [0.2, 0.25) is 0 Å². The number of carbonyl (C=O) groups is 1. The topological polar surface area (TPSA) is 98.4 Å². The van der Waals surface area contributed by atoms with Crippen molar-refractivity contribution in [2.75, 3.05) is 20.8 Å². The fourth-order valence-electron chi connectivity index (χ4n) is 2.68. The van der Waals surface area contributed by atoms with E-state index >= 15 is 0 Å². The maximum atomic E-state index is 11.8. The number of benzene rings is 1. The van der Waals surface area contributed by atoms with E-state index < -0.39 is 12.1 Å². The molecule has 3 rings (SSSR count). The molecule has 8 nitrogen and oxygen atoms in total. The lowest BCUT2D eigenvalue weighted by Crippen LogP contribution is -2.42. The minimum absolute atomic E-state index is 0.0234. The molecule has 2 atom stereocenters. The van der Waals surface area contributed by atoms with Crippen molar-refractivity contribution in [3.8, 4) is 11.5 Å². The van der Waals surface area contributed by atoms with E-state index in [9.17, 15) is 4.79 Å². The first-order valence-corrected chi connectivity index (χ1v) is 7.70. The molecule has 1 saturated heterocycles. The van der Waals surface area contributed by atoms with Crippen LogP contribution in [0.1, 0.15) is 36.3 Å². The fourth-order valence-corrected chi connectivity index (χ4v) is 2.68. The SMILES string of the molecule is CCc1nc([C@H]2OCC(=O)N[C@@H]2c2ccc(OC)c(OC)c2)n[nH]1. The summed E-state index contributed by atoms with van der Waals surface area (Å²) < 4.78 is 16.3. The summed E-state index contributed by atoms with van der Waals surface area (Å²) in [6.07, 6.45) is 0.268. The average Bonchev–Trinajstić information content (AvgIpc) is 3.10. The van der Waals surface area contributed by atoms with Gasteiger partial charge in [0.15, 0.2) is 17.3 Å². The largest absolute Gasteiger partial charge is 0.493 e. The van der Waals surface area contributed by atoms with Crippen LogP contribution >= 0.6 is 0 Å². The molecule has 1 aliphatic rings. The molecule has 24 heavy (non-hydrogen) atoms. The minimum atomic E-state index is -0.475. The Labute approximate surface area is 139 Å². The van der Waals surface area contributed by atoms with Crippen LogP contribution < -0.4 is 14.8 Å². The average molecular weight is 332 g/mol. The lowest BCUT2D eigenvalue weighted by Gasteiger charge is -2.31. The number of ether oxygens (including phenoxy) is 3. The second kappa shape index (κ2) is 6.88. The van der Waals surface area contributed by atoms with E-state index in [1.807, 2.05) is 19.1 Å². The van der Waals surface area contributed by atoms with Crippen molar-refractivity contribution in [3.63, 3.8) is 0 Å². The summed E-state index contributed by atoms with van der Waals surface area (Å²) in [6, 6.07) is 5.06. The molecule has 0 saturated carbocycles. The molecule has 1 aromatic carbocycles. The molecule has 0 spiro atoms. The Morgan fingerprint density at radius 2 is 2.08 bits per heavy atom. The molecule has 1 aromatic heterocycles. The monoisotopic (exact) mass is 332 g/mol. The Morgan fingerprint density at radius 1 is 1.29 bits per heavy atom. The molecular formula is C16H20N4O4. The standard InChI is InChI=1S/C16H20N4O4/c1-4-12-17-16(20-19-12)15-14(18-13(21)8-24-15)9-5-6-10(22-2)11(7-9)23-3/h5-7,14-15H,4,8H2,1-3H3,(H,18,21)(H,17,19,20)/t14-,15+/m1/s1. The predicted octanol–water partition coefficient (Wildman–Crippen LogP) is 1.31. The zero-order valence-corrected chi connectivity index (χ0v) is 13.8. The first kappa shape index (κ1) is 16.3. The van der Waals surface area contributed by atoms with Crippen LogP contribution in [-0.4, -0.2) is 41.9 Å². The Balaban J connectivity index is 1.96. The summed E-state index contributed by atoms with van der Waals surface area (Å²) in [5.41, 5.74) is 0.827. The molecule has 8 heteroatoms. The Bertz CT molecular complexity index is 731. The van der Waals surface area contributed by atoms with Crippen LogP contribution in [0.25, 0.3) is 0 Å². The van der Waals surface area contributed by atoms with Gasteiger partial charge in [0.1, 0.15) is 18.5 Å². The van der Waals surface area contributed by atoms with Gasteiger partial charge in [-0.15, -0.1) is 0 Å². The van der Waals surface area contributed by atoms with Gasteiger partial charge < -0.3 is 19.5 Å². The molecule has 1 fully saturated rings. The number of amides is 1. The quantitative estimate of drug-likeness (QED) is 0.857. The van der Waals surface area contributed by atoms with Crippen LogP contribution in [0.3, 0.4) is 0 Å². The second-order valence-corrected chi connectivity index (χ2v) is 5.39. The fraction of sp³-hybridized carbons (Fsp3) is 0.438. The molecule has 2 aromatic rings. The number of nitrogens with zero attached hydrogens (tertiary/aromatic N) is 2. The number of hydrogen-bond donors (Lipinski definition) is 2. The smallest absolute Gasteiger partial charge is 0.246 e. The van der Waals surface area contributed by atoms with Gasteiger partial charge in [0.05, 0.1) is 20.3 Å². The number of nitrogens with one attached hydrogen (secondary N) is 2. The normalized spacial score (nSPS) is 20.5. The summed E-state index contributed by atoms with van der Waals surface area (Å²) in [5, 5.41) is 10.0. The van der Waals surface area contributed by atoms with E-state index in [0.29, 0.717) is 17.3 Å². The highest BCUT2D eigenvalue weighted by molar-refractivity contribution is 5.78. The minimum Gasteiger partial charge on any atom is -0.493 e. The number of hydrogen-bond acceptors (Lipinski definition) is 6. The highest BCUT2D eigenvalue weighted by Crippen LogP contribution is 2.37. The number of aromatic amines is 1. The van der Waals surface area contributed by atoms with Crippen molar-refractivity contribution in [1.82, 2.24) is 20.5 Å². The summed E-state index contributed by atoms with van der Waals surface area (Å²) in [4.78, 5) is 16.3. The number of morpholine rings is 1.